The van der Waals surface area contributed by atoms with Crippen LogP contribution in [0.25, 0.3) is 0 Å². The van der Waals surface area contributed by atoms with E-state index in [1.165, 1.54) is 10.5 Å². The van der Waals surface area contributed by atoms with Gasteiger partial charge in [0.15, 0.2) is 0 Å². The lowest BCUT2D eigenvalue weighted by molar-refractivity contribution is 1.28. The van der Waals surface area contributed by atoms with E-state index in [0.29, 0.717) is 0 Å². The van der Waals surface area contributed by atoms with Crippen LogP contribution in [-0.2, 0) is 5.75 Å². The first-order valence-electron chi connectivity index (χ1n) is 3.48. The molecule has 0 aliphatic carbocycles. The monoisotopic (exact) mass is 180 g/mol. The lowest BCUT2D eigenvalue weighted by atomic mass is 10.2. The van der Waals surface area contributed by atoms with Gasteiger partial charge in [0.2, 0.25) is 0 Å². The number of rotatable bonds is 0. The van der Waals surface area contributed by atoms with Gasteiger partial charge in [-0.25, -0.2) is 0 Å². The molecule has 1 aromatic rings. The summed E-state index contributed by atoms with van der Waals surface area (Å²) in [7, 11) is 0. The van der Waals surface area contributed by atoms with E-state index in [-0.39, 0.29) is 0 Å². The Balaban J connectivity index is 2.40. The van der Waals surface area contributed by atoms with Gasteiger partial charge < -0.3 is 0 Å². The first-order chi connectivity index (χ1) is 5.47. The van der Waals surface area contributed by atoms with Gasteiger partial charge in [-0.1, -0.05) is 30.0 Å². The fourth-order valence-electron chi connectivity index (χ4n) is 1.02. The Morgan fingerprint density at radius 2 is 2.00 bits per heavy atom. The van der Waals surface area contributed by atoms with Crippen LogP contribution in [0.3, 0.4) is 0 Å². The second-order valence-electron chi connectivity index (χ2n) is 2.31. The molecule has 0 radical (unpaired) electrons. The molecule has 0 spiro atoms. The predicted molar refractivity (Wildman–Crippen MR) is 52.7 cm³/mol. The van der Waals surface area contributed by atoms with Gasteiger partial charge in [0, 0.05) is 10.6 Å². The van der Waals surface area contributed by atoms with Crippen LogP contribution in [0.1, 0.15) is 5.56 Å². The molecule has 0 atom stereocenters. The topological polar surface area (TPSA) is 0 Å². The molecule has 2 rings (SSSR count). The first-order valence-corrected chi connectivity index (χ1v) is 5.41. The summed E-state index contributed by atoms with van der Waals surface area (Å²) in [6.45, 7) is 0. The van der Waals surface area contributed by atoms with Crippen molar-refractivity contribution < 1.29 is 0 Å². The predicted octanol–water partition coefficient (Wildman–Crippen LogP) is 3.50. The highest BCUT2D eigenvalue weighted by atomic mass is 32.2. The van der Waals surface area contributed by atoms with Crippen molar-refractivity contribution in [3.05, 3.63) is 40.6 Å². The Morgan fingerprint density at radius 3 is 3.00 bits per heavy atom. The van der Waals surface area contributed by atoms with Gasteiger partial charge in [-0.05, 0) is 22.4 Å². The van der Waals surface area contributed by atoms with Crippen molar-refractivity contribution in [1.29, 1.82) is 0 Å². The van der Waals surface area contributed by atoms with Crippen molar-refractivity contribution in [3.8, 4) is 0 Å². The van der Waals surface area contributed by atoms with Crippen molar-refractivity contribution in [2.45, 2.75) is 10.6 Å². The quantitative estimate of drug-likeness (QED) is 0.599. The fraction of sp³-hybridized carbons (Fsp3) is 0.111. The molecule has 1 aromatic carbocycles. The minimum Gasteiger partial charge on any atom is -0.129 e. The van der Waals surface area contributed by atoms with E-state index in [0.717, 1.165) is 5.75 Å². The molecular formula is C9H8S2. The van der Waals surface area contributed by atoms with Crippen LogP contribution >= 0.6 is 23.5 Å². The molecule has 0 unspecified atom stereocenters. The molecule has 2 heteroatoms. The summed E-state index contributed by atoms with van der Waals surface area (Å²) in [5.74, 6) is 1.11. The Hall–Kier alpha value is -0.340. The number of benzene rings is 1. The highest BCUT2D eigenvalue weighted by Gasteiger charge is 2.02. The highest BCUT2D eigenvalue weighted by molar-refractivity contribution is 8.05. The van der Waals surface area contributed by atoms with Crippen LogP contribution in [-0.4, -0.2) is 0 Å². The van der Waals surface area contributed by atoms with Crippen molar-refractivity contribution >= 4 is 23.5 Å². The normalized spacial score (nSPS) is 15.6. The van der Waals surface area contributed by atoms with Crippen LogP contribution < -0.4 is 0 Å². The Morgan fingerprint density at radius 1 is 1.09 bits per heavy atom. The summed E-state index contributed by atoms with van der Waals surface area (Å²) >= 11 is 3.67. The third kappa shape index (κ3) is 1.63. The molecule has 56 valence electrons. The molecule has 0 saturated heterocycles. The van der Waals surface area contributed by atoms with E-state index in [4.69, 9.17) is 0 Å². The van der Waals surface area contributed by atoms with Gasteiger partial charge in [-0.15, -0.1) is 11.8 Å². The number of thioether (sulfide) groups is 2. The zero-order valence-corrected chi connectivity index (χ0v) is 7.62. The van der Waals surface area contributed by atoms with E-state index in [1.54, 1.807) is 0 Å². The molecule has 1 aliphatic rings. The molecule has 0 bridgehead atoms. The average molecular weight is 180 g/mol. The maximum Gasteiger partial charge on any atom is 0.0237 e. The molecule has 0 nitrogen and oxygen atoms in total. The Bertz CT molecular complexity index is 279. The summed E-state index contributed by atoms with van der Waals surface area (Å²) in [6.07, 6.45) is 0. The maximum atomic E-state index is 2.20. The maximum absolute atomic E-state index is 2.20. The van der Waals surface area contributed by atoms with Crippen LogP contribution in [0.2, 0.25) is 0 Å². The number of hydrogen-bond donors (Lipinski definition) is 0. The SMILES string of the molecule is C1=CSc2ccccc2CS1. The van der Waals surface area contributed by atoms with E-state index in [9.17, 15) is 0 Å². The zero-order chi connectivity index (χ0) is 7.52. The standard InChI is InChI=1S/C9H8S2/c1-2-4-9-8(3-1)7-10-5-6-11-9/h1-6H,7H2. The van der Waals surface area contributed by atoms with Gasteiger partial charge in [0.05, 0.1) is 0 Å². The minimum absolute atomic E-state index is 1.11. The molecular weight excluding hydrogens is 172 g/mol. The largest absolute Gasteiger partial charge is 0.129 e. The molecule has 0 fully saturated rings. The summed E-state index contributed by atoms with van der Waals surface area (Å²) in [5.41, 5.74) is 1.45. The summed E-state index contributed by atoms with van der Waals surface area (Å²) < 4.78 is 0. The van der Waals surface area contributed by atoms with Crippen LogP contribution in [0.4, 0.5) is 0 Å². The Kier molecular flexibility index (Phi) is 2.24. The number of hydrogen-bond acceptors (Lipinski definition) is 2. The minimum atomic E-state index is 1.11. The van der Waals surface area contributed by atoms with Crippen molar-refractivity contribution in [1.82, 2.24) is 0 Å². The lowest BCUT2D eigenvalue weighted by Crippen LogP contribution is -1.80. The smallest absolute Gasteiger partial charge is 0.0237 e. The van der Waals surface area contributed by atoms with Crippen LogP contribution in [0, 0.1) is 0 Å². The zero-order valence-electron chi connectivity index (χ0n) is 5.99. The van der Waals surface area contributed by atoms with Crippen molar-refractivity contribution in [2.24, 2.45) is 0 Å². The third-order valence-electron chi connectivity index (χ3n) is 1.56. The fourth-order valence-corrected chi connectivity index (χ4v) is 2.77. The van der Waals surface area contributed by atoms with Crippen molar-refractivity contribution in [3.63, 3.8) is 0 Å². The second-order valence-corrected chi connectivity index (χ2v) is 4.15. The van der Waals surface area contributed by atoms with Gasteiger partial charge in [0.25, 0.3) is 0 Å². The van der Waals surface area contributed by atoms with E-state index < -0.39 is 0 Å². The van der Waals surface area contributed by atoms with Crippen LogP contribution in [0.15, 0.2) is 40.0 Å². The number of fused-ring (bicyclic) bond motifs is 1. The third-order valence-corrected chi connectivity index (χ3v) is 3.46. The van der Waals surface area contributed by atoms with E-state index >= 15 is 0 Å². The highest BCUT2D eigenvalue weighted by Crippen LogP contribution is 2.31. The van der Waals surface area contributed by atoms with Gasteiger partial charge in [0.1, 0.15) is 0 Å². The molecule has 11 heavy (non-hydrogen) atoms. The van der Waals surface area contributed by atoms with E-state index in [2.05, 4.69) is 35.1 Å². The molecule has 0 aromatic heterocycles. The second kappa shape index (κ2) is 3.37. The molecule has 0 amide bonds. The summed E-state index contributed by atoms with van der Waals surface area (Å²) in [4.78, 5) is 1.40. The Labute approximate surface area is 75.1 Å². The van der Waals surface area contributed by atoms with Crippen molar-refractivity contribution in [2.75, 3.05) is 0 Å². The average Bonchev–Trinajstić information content (AvgIpc) is 2.28. The summed E-state index contributed by atoms with van der Waals surface area (Å²) in [5, 5.41) is 4.31. The first kappa shape index (κ1) is 7.32. The van der Waals surface area contributed by atoms with Gasteiger partial charge in [-0.3, -0.25) is 0 Å². The molecule has 0 saturated carbocycles. The van der Waals surface area contributed by atoms with Gasteiger partial charge >= 0.3 is 0 Å². The van der Waals surface area contributed by atoms with Gasteiger partial charge in [-0.2, -0.15) is 0 Å². The van der Waals surface area contributed by atoms with E-state index in [1.807, 2.05) is 23.5 Å². The molecule has 1 aliphatic heterocycles. The lowest BCUT2D eigenvalue weighted by Gasteiger charge is -2.00. The molecule has 0 N–H and O–H groups in total. The molecule has 1 heterocycles. The summed E-state index contributed by atoms with van der Waals surface area (Å²) in [6, 6.07) is 8.57. The van der Waals surface area contributed by atoms with Crippen LogP contribution in [0.5, 0.6) is 0 Å².